The predicted octanol–water partition coefficient (Wildman–Crippen LogP) is 4.88. The number of hydrogen-bond acceptors (Lipinski definition) is 6. The van der Waals surface area contributed by atoms with Gasteiger partial charge in [-0.1, -0.05) is 50.3 Å². The van der Waals surface area contributed by atoms with Gasteiger partial charge in [0.05, 0.1) is 16.6 Å². The summed E-state index contributed by atoms with van der Waals surface area (Å²) in [6, 6.07) is 10.1. The number of primary amides is 1. The van der Waals surface area contributed by atoms with E-state index in [4.69, 9.17) is 19.9 Å². The Morgan fingerprint density at radius 2 is 1.84 bits per heavy atom. The van der Waals surface area contributed by atoms with Crippen molar-refractivity contribution in [1.82, 2.24) is 0 Å². The van der Waals surface area contributed by atoms with Crippen LogP contribution in [0.25, 0.3) is 0 Å². The van der Waals surface area contributed by atoms with Crippen LogP contribution in [0.15, 0.2) is 49.1 Å². The average molecular weight is 428 g/mol. The number of carbonyl (C=O) groups is 1. The largest absolute Gasteiger partial charge is 0.489 e. The summed E-state index contributed by atoms with van der Waals surface area (Å²) in [6.45, 7) is 9.15. The molecule has 0 aliphatic rings. The topological polar surface area (TPSA) is 114 Å². The Bertz CT molecular complexity index is 943. The second kappa shape index (κ2) is 10.6. The number of amides is 1. The fourth-order valence-electron chi connectivity index (χ4n) is 3.20. The predicted molar refractivity (Wildman–Crippen MR) is 117 cm³/mol. The van der Waals surface area contributed by atoms with E-state index in [1.54, 1.807) is 25.1 Å². The van der Waals surface area contributed by atoms with E-state index >= 15 is 0 Å². The lowest BCUT2D eigenvalue weighted by atomic mass is 9.95. The van der Waals surface area contributed by atoms with Crippen LogP contribution in [0.3, 0.4) is 0 Å². The van der Waals surface area contributed by atoms with Gasteiger partial charge in [0, 0.05) is 30.7 Å². The van der Waals surface area contributed by atoms with Gasteiger partial charge in [-0.05, 0) is 12.8 Å². The van der Waals surface area contributed by atoms with Crippen molar-refractivity contribution in [3.05, 3.63) is 75.9 Å². The van der Waals surface area contributed by atoms with Crippen molar-refractivity contribution in [2.45, 2.75) is 45.5 Å². The third kappa shape index (κ3) is 5.61. The van der Waals surface area contributed by atoms with Gasteiger partial charge < -0.3 is 19.9 Å². The van der Waals surface area contributed by atoms with Crippen molar-refractivity contribution in [3.63, 3.8) is 0 Å². The number of ether oxygens (including phenoxy) is 3. The summed E-state index contributed by atoms with van der Waals surface area (Å²) < 4.78 is 17.5. The van der Waals surface area contributed by atoms with Crippen LogP contribution in [0.1, 0.15) is 60.9 Å². The summed E-state index contributed by atoms with van der Waals surface area (Å²) in [7, 11) is 1.44. The Kier molecular flexibility index (Phi) is 8.15. The molecule has 2 unspecified atom stereocenters. The minimum atomic E-state index is -0.907. The van der Waals surface area contributed by atoms with E-state index in [9.17, 15) is 14.9 Å². The third-order valence-corrected chi connectivity index (χ3v) is 4.62. The summed E-state index contributed by atoms with van der Waals surface area (Å²) in [5, 5.41) is 11.9. The van der Waals surface area contributed by atoms with Crippen molar-refractivity contribution < 1.29 is 23.9 Å². The molecular formula is C23H28N2O6. The highest BCUT2D eigenvalue weighted by Gasteiger charge is 2.33. The molecule has 2 atom stereocenters. The molecule has 0 spiro atoms. The maximum Gasteiger partial charge on any atom is 0.312 e. The van der Waals surface area contributed by atoms with E-state index in [2.05, 4.69) is 6.58 Å². The monoisotopic (exact) mass is 428 g/mol. The van der Waals surface area contributed by atoms with Crippen molar-refractivity contribution in [3.8, 4) is 11.5 Å². The SMILES string of the molecule is C=CCC(C)Oc1c(C(N)=O)cc([N+](=O)[O-])c(OC(OC)c2ccccc2)c1C(C)C. The molecule has 0 saturated heterocycles. The fourth-order valence-corrected chi connectivity index (χ4v) is 3.20. The lowest BCUT2D eigenvalue weighted by Gasteiger charge is -2.25. The molecule has 166 valence electrons. The maximum absolute atomic E-state index is 12.2. The number of nitro benzene ring substituents is 1. The number of nitrogens with two attached hydrogens (primary N) is 1. The first-order valence-corrected chi connectivity index (χ1v) is 9.88. The number of nitro groups is 1. The summed E-state index contributed by atoms with van der Waals surface area (Å²) >= 11 is 0. The molecule has 0 aromatic heterocycles. The molecule has 8 heteroatoms. The van der Waals surface area contributed by atoms with Gasteiger partial charge in [0.15, 0.2) is 0 Å². The maximum atomic E-state index is 12.2. The van der Waals surface area contributed by atoms with Crippen LogP contribution < -0.4 is 15.2 Å². The quantitative estimate of drug-likeness (QED) is 0.236. The molecule has 8 nitrogen and oxygen atoms in total. The summed E-state index contributed by atoms with van der Waals surface area (Å²) in [5.41, 5.74) is 6.13. The first-order chi connectivity index (χ1) is 14.7. The normalized spacial score (nSPS) is 12.8. The molecular weight excluding hydrogens is 400 g/mol. The van der Waals surface area contributed by atoms with Gasteiger partial charge in [-0.25, -0.2) is 0 Å². The van der Waals surface area contributed by atoms with E-state index in [0.29, 0.717) is 17.5 Å². The highest BCUT2D eigenvalue weighted by molar-refractivity contribution is 5.97. The third-order valence-electron chi connectivity index (χ3n) is 4.62. The zero-order chi connectivity index (χ0) is 23.1. The van der Waals surface area contributed by atoms with Crippen molar-refractivity contribution in [1.29, 1.82) is 0 Å². The summed E-state index contributed by atoms with van der Waals surface area (Å²) in [6.07, 6.45) is 0.946. The van der Waals surface area contributed by atoms with Crippen LogP contribution >= 0.6 is 0 Å². The minimum absolute atomic E-state index is 0.0264. The van der Waals surface area contributed by atoms with Crippen LogP contribution in [-0.4, -0.2) is 24.0 Å². The Morgan fingerprint density at radius 1 is 1.19 bits per heavy atom. The molecule has 0 bridgehead atoms. The second-order valence-corrected chi connectivity index (χ2v) is 7.34. The zero-order valence-corrected chi connectivity index (χ0v) is 18.2. The van der Waals surface area contributed by atoms with Gasteiger partial charge in [-0.3, -0.25) is 14.9 Å². The highest BCUT2D eigenvalue weighted by atomic mass is 16.7. The van der Waals surface area contributed by atoms with Gasteiger partial charge in [0.25, 0.3) is 5.91 Å². The Balaban J connectivity index is 2.75. The summed E-state index contributed by atoms with van der Waals surface area (Å²) in [4.78, 5) is 23.4. The Hall–Kier alpha value is -3.39. The molecule has 2 aromatic rings. The average Bonchev–Trinajstić information content (AvgIpc) is 2.71. The molecule has 1 amide bonds. The van der Waals surface area contributed by atoms with Gasteiger partial charge in [0.2, 0.25) is 12.0 Å². The smallest absolute Gasteiger partial charge is 0.312 e. The second-order valence-electron chi connectivity index (χ2n) is 7.34. The highest BCUT2D eigenvalue weighted by Crippen LogP contribution is 2.46. The Labute approximate surface area is 181 Å². The molecule has 0 aliphatic heterocycles. The number of hydrogen-bond donors (Lipinski definition) is 1. The first-order valence-electron chi connectivity index (χ1n) is 9.88. The summed E-state index contributed by atoms with van der Waals surface area (Å²) in [5.74, 6) is -0.974. The lowest BCUT2D eigenvalue weighted by molar-refractivity contribution is -0.386. The van der Waals surface area contributed by atoms with Gasteiger partial charge in [-0.15, -0.1) is 6.58 Å². The van der Waals surface area contributed by atoms with Crippen LogP contribution in [0.5, 0.6) is 11.5 Å². The standard InChI is InChI=1S/C23H28N2O6/c1-6-10-15(4)30-20-17(22(24)26)13-18(25(27)28)21(19(20)14(2)3)31-23(29-5)16-11-8-7-9-12-16/h6-9,11-15,23H,1,10H2,2-5H3,(H2,24,26). The van der Waals surface area contributed by atoms with E-state index in [0.717, 1.165) is 6.07 Å². The lowest BCUT2D eigenvalue weighted by Crippen LogP contribution is -2.21. The first kappa shape index (κ1) is 23.9. The van der Waals surface area contributed by atoms with E-state index in [1.165, 1.54) is 7.11 Å². The number of rotatable bonds is 11. The van der Waals surface area contributed by atoms with E-state index in [1.807, 2.05) is 32.0 Å². The molecule has 2 aromatic carbocycles. The molecule has 0 heterocycles. The number of methoxy groups -OCH3 is 1. The number of benzene rings is 2. The van der Waals surface area contributed by atoms with Gasteiger partial charge in [-0.2, -0.15) is 0 Å². The van der Waals surface area contributed by atoms with Crippen molar-refractivity contribution in [2.24, 2.45) is 5.73 Å². The Morgan fingerprint density at radius 3 is 2.32 bits per heavy atom. The van der Waals surface area contributed by atoms with E-state index < -0.39 is 17.1 Å². The van der Waals surface area contributed by atoms with Crippen LogP contribution in [0.4, 0.5) is 5.69 Å². The van der Waals surface area contributed by atoms with Crippen molar-refractivity contribution in [2.75, 3.05) is 7.11 Å². The van der Waals surface area contributed by atoms with Gasteiger partial charge in [0.1, 0.15) is 5.75 Å². The van der Waals surface area contributed by atoms with Crippen LogP contribution in [0.2, 0.25) is 0 Å². The van der Waals surface area contributed by atoms with Gasteiger partial charge >= 0.3 is 5.69 Å². The molecule has 2 N–H and O–H groups in total. The molecule has 0 radical (unpaired) electrons. The minimum Gasteiger partial charge on any atom is -0.489 e. The van der Waals surface area contributed by atoms with Crippen LogP contribution in [-0.2, 0) is 4.74 Å². The zero-order valence-electron chi connectivity index (χ0n) is 18.2. The van der Waals surface area contributed by atoms with Crippen LogP contribution in [0, 0.1) is 10.1 Å². The molecule has 31 heavy (non-hydrogen) atoms. The molecule has 2 rings (SSSR count). The number of carbonyl (C=O) groups excluding carboxylic acids is 1. The molecule has 0 aliphatic carbocycles. The van der Waals surface area contributed by atoms with Crippen molar-refractivity contribution >= 4 is 11.6 Å². The molecule has 0 fully saturated rings. The van der Waals surface area contributed by atoms with E-state index in [-0.39, 0.29) is 34.8 Å². The number of nitrogens with zero attached hydrogens (tertiary/aromatic N) is 1. The fraction of sp³-hybridized carbons (Fsp3) is 0.348. The molecule has 0 saturated carbocycles.